The molecule has 0 atom stereocenters. The highest BCUT2D eigenvalue weighted by atomic mass is 19.2. The van der Waals surface area contributed by atoms with Crippen molar-refractivity contribution in [2.75, 3.05) is 36.6 Å². The van der Waals surface area contributed by atoms with E-state index in [1.54, 1.807) is 0 Å². The van der Waals surface area contributed by atoms with Gasteiger partial charge >= 0.3 is 0 Å². The third-order valence-electron chi connectivity index (χ3n) is 7.75. The van der Waals surface area contributed by atoms with E-state index in [9.17, 15) is 35.1 Å². The molecule has 4 nitrogen and oxygen atoms in total. The molecule has 0 aromatic heterocycles. The molecular weight excluding hydrogens is 584 g/mol. The Morgan fingerprint density at radius 2 is 0.930 bits per heavy atom. The lowest BCUT2D eigenvalue weighted by Gasteiger charge is -2.35. The fraction of sp³-hybridized carbons (Fsp3) is 0.226. The Hall–Kier alpha value is -4.48. The molecule has 224 valence electrons. The zero-order valence-corrected chi connectivity index (χ0v) is 22.3. The lowest BCUT2D eigenvalue weighted by atomic mass is 9.75. The molecule has 0 radical (unpaired) electrons. The summed E-state index contributed by atoms with van der Waals surface area (Å²) in [6.07, 6.45) is 0. The second kappa shape index (κ2) is 11.0. The number of fused-ring (bicyclic) bond motifs is 2. The fourth-order valence-corrected chi connectivity index (χ4v) is 5.55. The van der Waals surface area contributed by atoms with Crippen LogP contribution in [-0.4, -0.2) is 26.8 Å². The molecule has 0 spiro atoms. The van der Waals surface area contributed by atoms with Crippen molar-refractivity contribution < 1.29 is 44.6 Å². The minimum Gasteiger partial charge on any atom is -0.473 e. The van der Waals surface area contributed by atoms with Gasteiger partial charge in [-0.05, 0) is 35.4 Å². The molecule has 43 heavy (non-hydrogen) atoms. The normalized spacial score (nSPS) is 14.6. The van der Waals surface area contributed by atoms with E-state index in [4.69, 9.17) is 9.47 Å². The first kappa shape index (κ1) is 28.6. The van der Waals surface area contributed by atoms with Crippen molar-refractivity contribution in [3.63, 3.8) is 0 Å². The Kier molecular flexibility index (Phi) is 7.31. The lowest BCUT2D eigenvalue weighted by Crippen LogP contribution is -2.36. The molecule has 0 bridgehead atoms. The van der Waals surface area contributed by atoms with Crippen molar-refractivity contribution in [2.45, 2.75) is 18.5 Å². The summed E-state index contributed by atoms with van der Waals surface area (Å²) in [7, 11) is 0. The highest BCUT2D eigenvalue weighted by Gasteiger charge is 2.38. The van der Waals surface area contributed by atoms with Crippen LogP contribution in [-0.2, 0) is 18.5 Å². The molecule has 2 aliphatic rings. The number of hydrogen-bond acceptors (Lipinski definition) is 4. The molecule has 0 amide bonds. The number of rotatable bonds is 6. The average Bonchev–Trinajstić information content (AvgIpc) is 2.97. The number of alkyl halides is 2. The molecule has 0 unspecified atom stereocenters. The summed E-state index contributed by atoms with van der Waals surface area (Å²) in [6, 6.07) is 11.1. The van der Waals surface area contributed by atoms with Crippen LogP contribution < -0.4 is 19.3 Å². The Balaban J connectivity index is 1.34. The molecule has 0 aliphatic carbocycles. The van der Waals surface area contributed by atoms with Crippen LogP contribution in [0.4, 0.5) is 46.5 Å². The number of halogens is 8. The molecule has 0 saturated carbocycles. The maximum Gasteiger partial charge on any atom is 0.161 e. The molecule has 2 heterocycles. The van der Waals surface area contributed by atoms with Crippen molar-refractivity contribution in [2.24, 2.45) is 0 Å². The number of anilines is 2. The maximum absolute atomic E-state index is 14.9. The predicted molar refractivity (Wildman–Crippen MR) is 142 cm³/mol. The SMILES string of the molecule is FCC(CF)(c1ccc2c(c1)CN(c1c(F)cc(F)cc1F)CO2)c1ccc2c(c1)CN(c1c(F)cc(F)cc1F)CO2. The van der Waals surface area contributed by atoms with Crippen LogP contribution in [0.1, 0.15) is 22.3 Å². The minimum atomic E-state index is -1.83. The van der Waals surface area contributed by atoms with Gasteiger partial charge in [0.05, 0.1) is 18.5 Å². The third kappa shape index (κ3) is 4.98. The van der Waals surface area contributed by atoms with Gasteiger partial charge in [0.2, 0.25) is 0 Å². The van der Waals surface area contributed by atoms with Gasteiger partial charge in [-0.15, -0.1) is 0 Å². The summed E-state index contributed by atoms with van der Waals surface area (Å²) in [6.45, 7) is -3.06. The van der Waals surface area contributed by atoms with Gasteiger partial charge in [-0.2, -0.15) is 0 Å². The van der Waals surface area contributed by atoms with Crippen molar-refractivity contribution in [3.05, 3.63) is 118 Å². The molecule has 0 fully saturated rings. The topological polar surface area (TPSA) is 24.9 Å². The van der Waals surface area contributed by atoms with Crippen LogP contribution >= 0.6 is 0 Å². The summed E-state index contributed by atoms with van der Waals surface area (Å²) < 4.78 is 126. The van der Waals surface area contributed by atoms with Crippen LogP contribution in [0.15, 0.2) is 60.7 Å². The molecule has 4 aromatic carbocycles. The van der Waals surface area contributed by atoms with Gasteiger partial charge < -0.3 is 19.3 Å². The van der Waals surface area contributed by atoms with E-state index < -0.39 is 65.0 Å². The van der Waals surface area contributed by atoms with E-state index >= 15 is 0 Å². The third-order valence-corrected chi connectivity index (χ3v) is 7.75. The number of benzene rings is 4. The first-order valence-electron chi connectivity index (χ1n) is 13.1. The summed E-state index contributed by atoms with van der Waals surface area (Å²) in [4.78, 5) is 2.39. The molecule has 6 rings (SSSR count). The average molecular weight is 607 g/mol. The number of ether oxygens (including phenoxy) is 2. The van der Waals surface area contributed by atoms with Crippen LogP contribution in [0.5, 0.6) is 11.5 Å². The molecule has 0 N–H and O–H groups in total. The van der Waals surface area contributed by atoms with E-state index in [-0.39, 0.29) is 37.7 Å². The van der Waals surface area contributed by atoms with Gasteiger partial charge in [-0.3, -0.25) is 0 Å². The second-order valence-electron chi connectivity index (χ2n) is 10.4. The monoisotopic (exact) mass is 606 g/mol. The predicted octanol–water partition coefficient (Wildman–Crippen LogP) is 7.46. The van der Waals surface area contributed by atoms with Crippen LogP contribution in [0.2, 0.25) is 0 Å². The number of hydrogen-bond donors (Lipinski definition) is 0. The van der Waals surface area contributed by atoms with E-state index in [2.05, 4.69) is 0 Å². The summed E-state index contributed by atoms with van der Waals surface area (Å²) in [5.74, 6) is -6.01. The van der Waals surface area contributed by atoms with Gasteiger partial charge in [0, 0.05) is 35.4 Å². The molecule has 12 heteroatoms. The van der Waals surface area contributed by atoms with Gasteiger partial charge in [0.15, 0.2) is 36.7 Å². The van der Waals surface area contributed by atoms with Crippen LogP contribution in [0.3, 0.4) is 0 Å². The molecule has 0 saturated heterocycles. The standard InChI is InChI=1S/C31H22F8N2O2/c32-13-31(14-33,19-1-3-27-17(5-19)11-40(15-42-27)29-23(36)7-21(34)8-24(29)37)20-2-4-28-18(6-20)12-41(16-43-28)30-25(38)9-22(35)10-26(30)39/h1-10H,11-16H2. The van der Waals surface area contributed by atoms with Crippen molar-refractivity contribution >= 4 is 11.4 Å². The summed E-state index contributed by atoms with van der Waals surface area (Å²) >= 11 is 0. The van der Waals surface area contributed by atoms with Crippen molar-refractivity contribution in [3.8, 4) is 11.5 Å². The lowest BCUT2D eigenvalue weighted by molar-refractivity contribution is 0.270. The van der Waals surface area contributed by atoms with E-state index in [0.717, 1.165) is 0 Å². The Bertz CT molecular complexity index is 1540. The van der Waals surface area contributed by atoms with Gasteiger partial charge in [0.1, 0.15) is 47.9 Å². The first-order chi connectivity index (χ1) is 20.6. The quantitative estimate of drug-likeness (QED) is 0.213. The van der Waals surface area contributed by atoms with Crippen LogP contribution in [0.25, 0.3) is 0 Å². The highest BCUT2D eigenvalue weighted by molar-refractivity contribution is 5.56. The zero-order valence-electron chi connectivity index (χ0n) is 22.3. The van der Waals surface area contributed by atoms with E-state index in [1.807, 2.05) is 0 Å². The summed E-state index contributed by atoms with van der Waals surface area (Å²) in [5, 5.41) is 0. The van der Waals surface area contributed by atoms with E-state index in [1.165, 1.54) is 46.2 Å². The maximum atomic E-state index is 14.9. The Labute approximate surface area is 240 Å². The second-order valence-corrected chi connectivity index (χ2v) is 10.4. The Morgan fingerprint density at radius 1 is 0.558 bits per heavy atom. The largest absolute Gasteiger partial charge is 0.473 e. The van der Waals surface area contributed by atoms with Gasteiger partial charge in [-0.1, -0.05) is 12.1 Å². The zero-order chi connectivity index (χ0) is 30.5. The molecule has 2 aliphatic heterocycles. The van der Waals surface area contributed by atoms with Gasteiger partial charge in [0.25, 0.3) is 0 Å². The van der Waals surface area contributed by atoms with Crippen LogP contribution in [0, 0.1) is 34.9 Å². The first-order valence-corrected chi connectivity index (χ1v) is 13.1. The summed E-state index contributed by atoms with van der Waals surface area (Å²) in [5.41, 5.74) is -1.67. The fourth-order valence-electron chi connectivity index (χ4n) is 5.55. The minimum absolute atomic E-state index is 0.0981. The Morgan fingerprint density at radius 3 is 1.28 bits per heavy atom. The van der Waals surface area contributed by atoms with Crippen molar-refractivity contribution in [1.82, 2.24) is 0 Å². The van der Waals surface area contributed by atoms with E-state index in [0.29, 0.717) is 46.9 Å². The van der Waals surface area contributed by atoms with Crippen molar-refractivity contribution in [1.29, 1.82) is 0 Å². The highest BCUT2D eigenvalue weighted by Crippen LogP contribution is 2.41. The van der Waals surface area contributed by atoms with Gasteiger partial charge in [-0.25, -0.2) is 35.1 Å². The molecule has 4 aromatic rings. The molecular formula is C31H22F8N2O2. The smallest absolute Gasteiger partial charge is 0.161 e. The number of nitrogens with zero attached hydrogens (tertiary/aromatic N) is 2.